The Kier molecular flexibility index (Phi) is 4.63. The molecule has 2 aromatic carbocycles. The number of carbonyl (C=O) groups is 1. The molecule has 0 aliphatic rings. The topological polar surface area (TPSA) is 110 Å². The molecule has 0 atom stereocenters. The van der Waals surface area contributed by atoms with Crippen molar-refractivity contribution in [2.45, 2.75) is 6.92 Å². The van der Waals surface area contributed by atoms with E-state index in [4.69, 9.17) is 12.2 Å². The molecule has 1 heterocycles. The molecule has 0 spiro atoms. The van der Waals surface area contributed by atoms with Gasteiger partial charge in [-0.3, -0.25) is 20.2 Å². The number of nitrogens with one attached hydrogen (secondary N) is 2. The van der Waals surface area contributed by atoms with Crippen molar-refractivity contribution in [1.29, 1.82) is 0 Å². The summed E-state index contributed by atoms with van der Waals surface area (Å²) in [6.07, 6.45) is 0. The first kappa shape index (κ1) is 16.9. The normalized spacial score (nSPS) is 10.4. The first-order chi connectivity index (χ1) is 12.0. The van der Waals surface area contributed by atoms with Crippen LogP contribution >= 0.6 is 23.9 Å². The lowest BCUT2D eigenvalue weighted by Crippen LogP contribution is -2.34. The van der Waals surface area contributed by atoms with Crippen LogP contribution < -0.4 is 10.6 Å². The number of aromatic nitrogens is 2. The summed E-state index contributed by atoms with van der Waals surface area (Å²) in [7, 11) is 0. The fourth-order valence-electron chi connectivity index (χ4n) is 2.25. The number of hydrogen-bond donors (Lipinski definition) is 2. The predicted octanol–water partition coefficient (Wildman–Crippen LogP) is 3.03. The lowest BCUT2D eigenvalue weighted by atomic mass is 10.1. The molecule has 10 heteroatoms. The van der Waals surface area contributed by atoms with Gasteiger partial charge in [0.15, 0.2) is 5.11 Å². The molecule has 0 saturated carbocycles. The van der Waals surface area contributed by atoms with E-state index < -0.39 is 10.8 Å². The average Bonchev–Trinajstić information content (AvgIpc) is 3.06. The number of nitro groups is 1. The van der Waals surface area contributed by atoms with Crippen LogP contribution in [0.1, 0.15) is 15.9 Å². The summed E-state index contributed by atoms with van der Waals surface area (Å²) in [6, 6.07) is 9.37. The second-order valence-electron chi connectivity index (χ2n) is 5.07. The van der Waals surface area contributed by atoms with Gasteiger partial charge in [0.2, 0.25) is 0 Å². The van der Waals surface area contributed by atoms with Crippen LogP contribution in [0.15, 0.2) is 36.4 Å². The molecule has 0 bridgehead atoms. The number of anilines is 1. The highest BCUT2D eigenvalue weighted by atomic mass is 32.1. The average molecular weight is 373 g/mol. The Balaban J connectivity index is 1.81. The Morgan fingerprint density at radius 2 is 2.00 bits per heavy atom. The molecular formula is C15H11N5O3S2. The molecule has 0 saturated heterocycles. The smallest absolute Gasteiger partial charge is 0.282 e. The van der Waals surface area contributed by atoms with Crippen LogP contribution in [0.5, 0.6) is 0 Å². The van der Waals surface area contributed by atoms with Crippen molar-refractivity contribution in [2.24, 2.45) is 0 Å². The third-order valence-corrected chi connectivity index (χ3v) is 4.19. The van der Waals surface area contributed by atoms with Crippen LogP contribution in [-0.4, -0.2) is 24.7 Å². The zero-order valence-electron chi connectivity index (χ0n) is 12.8. The first-order valence-electron chi connectivity index (χ1n) is 7.05. The Bertz CT molecular complexity index is 1000. The van der Waals surface area contributed by atoms with Crippen LogP contribution in [0.4, 0.5) is 11.4 Å². The van der Waals surface area contributed by atoms with Crippen molar-refractivity contribution in [3.8, 4) is 0 Å². The maximum atomic E-state index is 12.3. The van der Waals surface area contributed by atoms with E-state index in [-0.39, 0.29) is 16.4 Å². The van der Waals surface area contributed by atoms with E-state index >= 15 is 0 Å². The standard InChI is InChI=1S/C15H11N5O3S2/c1-8-6-7-10-13(19-25-18-10)12(8)16-15(24)17-14(21)9-4-2-3-5-11(9)20(22)23/h2-7H,1H3,(H2,16,17,21,24). The number of rotatable bonds is 3. The van der Waals surface area contributed by atoms with Gasteiger partial charge in [0.25, 0.3) is 11.6 Å². The van der Waals surface area contributed by atoms with Gasteiger partial charge in [-0.25, -0.2) is 0 Å². The van der Waals surface area contributed by atoms with Crippen LogP contribution in [0, 0.1) is 17.0 Å². The van der Waals surface area contributed by atoms with Crippen molar-refractivity contribution in [1.82, 2.24) is 14.1 Å². The SMILES string of the molecule is Cc1ccc2nsnc2c1NC(=S)NC(=O)c1ccccc1[N+](=O)[O-]. The molecule has 1 aromatic heterocycles. The Hall–Kier alpha value is -2.98. The molecule has 0 aliphatic carbocycles. The second-order valence-corrected chi connectivity index (χ2v) is 6.01. The summed E-state index contributed by atoms with van der Waals surface area (Å²) in [5, 5.41) is 16.4. The lowest BCUT2D eigenvalue weighted by Gasteiger charge is -2.12. The number of hydrogen-bond acceptors (Lipinski definition) is 7. The highest BCUT2D eigenvalue weighted by molar-refractivity contribution is 7.80. The summed E-state index contributed by atoms with van der Waals surface area (Å²) in [5.41, 5.74) is 2.52. The van der Waals surface area contributed by atoms with Crippen molar-refractivity contribution in [3.05, 3.63) is 57.6 Å². The number of fused-ring (bicyclic) bond motifs is 1. The van der Waals surface area contributed by atoms with Gasteiger partial charge in [0, 0.05) is 6.07 Å². The van der Waals surface area contributed by atoms with Gasteiger partial charge in [-0.05, 0) is 36.8 Å². The predicted molar refractivity (Wildman–Crippen MR) is 98.9 cm³/mol. The van der Waals surface area contributed by atoms with E-state index in [9.17, 15) is 14.9 Å². The quantitative estimate of drug-likeness (QED) is 0.412. The highest BCUT2D eigenvalue weighted by Crippen LogP contribution is 2.25. The molecule has 0 unspecified atom stereocenters. The number of thiocarbonyl (C=S) groups is 1. The summed E-state index contributed by atoms with van der Waals surface area (Å²) in [6.45, 7) is 1.87. The molecule has 1 amide bonds. The first-order valence-corrected chi connectivity index (χ1v) is 8.19. The monoisotopic (exact) mass is 373 g/mol. The van der Waals surface area contributed by atoms with Crippen LogP contribution in [-0.2, 0) is 0 Å². The zero-order chi connectivity index (χ0) is 18.0. The third kappa shape index (κ3) is 3.44. The highest BCUT2D eigenvalue weighted by Gasteiger charge is 2.20. The summed E-state index contributed by atoms with van der Waals surface area (Å²) in [5.74, 6) is -0.661. The Labute approximate surface area is 151 Å². The molecular weight excluding hydrogens is 362 g/mol. The van der Waals surface area contributed by atoms with E-state index in [0.29, 0.717) is 16.7 Å². The number of benzene rings is 2. The number of nitrogens with zero attached hydrogens (tertiary/aromatic N) is 3. The van der Waals surface area contributed by atoms with E-state index in [1.807, 2.05) is 19.1 Å². The largest absolute Gasteiger partial charge is 0.330 e. The van der Waals surface area contributed by atoms with E-state index in [1.54, 1.807) is 6.07 Å². The van der Waals surface area contributed by atoms with Gasteiger partial charge in [-0.2, -0.15) is 8.75 Å². The molecule has 8 nitrogen and oxygen atoms in total. The molecule has 0 aliphatic heterocycles. The molecule has 3 rings (SSSR count). The van der Waals surface area contributed by atoms with Gasteiger partial charge in [-0.1, -0.05) is 18.2 Å². The van der Waals surface area contributed by atoms with Gasteiger partial charge < -0.3 is 5.32 Å². The van der Waals surface area contributed by atoms with Crippen LogP contribution in [0.25, 0.3) is 11.0 Å². The van der Waals surface area contributed by atoms with Gasteiger partial charge in [-0.15, -0.1) is 0 Å². The lowest BCUT2D eigenvalue weighted by molar-refractivity contribution is -0.385. The fraction of sp³-hybridized carbons (Fsp3) is 0.0667. The summed E-state index contributed by atoms with van der Waals surface area (Å²) < 4.78 is 8.37. The van der Waals surface area contributed by atoms with Gasteiger partial charge >= 0.3 is 0 Å². The Morgan fingerprint density at radius 3 is 2.76 bits per heavy atom. The molecule has 2 N–H and O–H groups in total. The Morgan fingerprint density at radius 1 is 1.24 bits per heavy atom. The maximum Gasteiger partial charge on any atom is 0.282 e. The summed E-state index contributed by atoms with van der Waals surface area (Å²) in [4.78, 5) is 22.7. The second kappa shape index (κ2) is 6.87. The zero-order valence-corrected chi connectivity index (χ0v) is 14.5. The van der Waals surface area contributed by atoms with Crippen molar-refractivity contribution >= 4 is 57.4 Å². The van der Waals surface area contributed by atoms with Crippen molar-refractivity contribution in [3.63, 3.8) is 0 Å². The summed E-state index contributed by atoms with van der Waals surface area (Å²) >= 11 is 6.23. The van der Waals surface area contributed by atoms with Crippen molar-refractivity contribution in [2.75, 3.05) is 5.32 Å². The number of carbonyl (C=O) groups excluding carboxylic acids is 1. The molecule has 126 valence electrons. The minimum Gasteiger partial charge on any atom is -0.330 e. The minimum absolute atomic E-state index is 0.0201. The van der Waals surface area contributed by atoms with Crippen LogP contribution in [0.2, 0.25) is 0 Å². The third-order valence-electron chi connectivity index (χ3n) is 3.45. The number of para-hydroxylation sites is 1. The van der Waals surface area contributed by atoms with E-state index in [2.05, 4.69) is 19.4 Å². The van der Waals surface area contributed by atoms with E-state index in [1.165, 1.54) is 18.2 Å². The molecule has 25 heavy (non-hydrogen) atoms. The fourth-order valence-corrected chi connectivity index (χ4v) is 2.99. The molecule has 0 radical (unpaired) electrons. The van der Waals surface area contributed by atoms with Crippen molar-refractivity contribution < 1.29 is 9.72 Å². The molecule has 3 aromatic rings. The number of nitro benzene ring substituents is 1. The van der Waals surface area contributed by atoms with Crippen LogP contribution in [0.3, 0.4) is 0 Å². The maximum absolute atomic E-state index is 12.3. The number of amides is 1. The molecule has 0 fully saturated rings. The number of aryl methyl sites for hydroxylation is 1. The van der Waals surface area contributed by atoms with E-state index in [0.717, 1.165) is 17.3 Å². The van der Waals surface area contributed by atoms with Gasteiger partial charge in [0.05, 0.1) is 22.3 Å². The van der Waals surface area contributed by atoms with Gasteiger partial charge in [0.1, 0.15) is 16.6 Å². The minimum atomic E-state index is -0.661.